The second-order valence-electron chi connectivity index (χ2n) is 6.32. The Morgan fingerprint density at radius 1 is 1.18 bits per heavy atom. The van der Waals surface area contributed by atoms with Gasteiger partial charge in [0.2, 0.25) is 5.91 Å². The van der Waals surface area contributed by atoms with Gasteiger partial charge in [0.05, 0.1) is 24.6 Å². The number of hydrogen-bond acceptors (Lipinski definition) is 6. The van der Waals surface area contributed by atoms with Gasteiger partial charge in [-0.15, -0.1) is 0 Å². The Hall–Kier alpha value is -3.00. The van der Waals surface area contributed by atoms with E-state index < -0.39 is 0 Å². The number of amidine groups is 1. The molecule has 28 heavy (non-hydrogen) atoms. The molecule has 4 rings (SSSR count). The number of rotatable bonds is 3. The summed E-state index contributed by atoms with van der Waals surface area (Å²) in [6.45, 7) is 2.81. The van der Waals surface area contributed by atoms with E-state index in [2.05, 4.69) is 20.8 Å². The molecule has 0 radical (unpaired) electrons. The van der Waals surface area contributed by atoms with Crippen molar-refractivity contribution in [2.45, 2.75) is 13.3 Å². The van der Waals surface area contributed by atoms with Gasteiger partial charge >= 0.3 is 0 Å². The number of carbonyl (C=O) groups excluding carboxylic acids is 1. The van der Waals surface area contributed by atoms with Crippen molar-refractivity contribution in [3.8, 4) is 11.5 Å². The summed E-state index contributed by atoms with van der Waals surface area (Å²) in [5, 5.41) is 7.93. The van der Waals surface area contributed by atoms with Crippen molar-refractivity contribution in [1.82, 2.24) is 5.43 Å². The van der Waals surface area contributed by atoms with Crippen molar-refractivity contribution < 1.29 is 14.3 Å². The number of thioether (sulfide) groups is 1. The summed E-state index contributed by atoms with van der Waals surface area (Å²) >= 11 is 1.57. The highest BCUT2D eigenvalue weighted by atomic mass is 32.2. The predicted molar refractivity (Wildman–Crippen MR) is 112 cm³/mol. The minimum Gasteiger partial charge on any atom is -0.490 e. The number of nitrogens with one attached hydrogen (secondary N) is 2. The zero-order valence-electron chi connectivity index (χ0n) is 15.4. The van der Waals surface area contributed by atoms with E-state index in [9.17, 15) is 4.79 Å². The molecule has 2 aromatic carbocycles. The number of amides is 1. The van der Waals surface area contributed by atoms with Crippen molar-refractivity contribution in [3.63, 3.8) is 0 Å². The van der Waals surface area contributed by atoms with Crippen molar-refractivity contribution in [2.24, 2.45) is 10.1 Å². The zero-order chi connectivity index (χ0) is 19.3. The highest BCUT2D eigenvalue weighted by Gasteiger charge is 2.17. The Morgan fingerprint density at radius 2 is 2.04 bits per heavy atom. The number of hydrazone groups is 1. The molecule has 2 aliphatic rings. The molecule has 8 heteroatoms. The Bertz CT molecular complexity index is 958. The summed E-state index contributed by atoms with van der Waals surface area (Å²) < 4.78 is 11.4. The molecule has 0 aromatic heterocycles. The van der Waals surface area contributed by atoms with Crippen LogP contribution in [0.4, 0.5) is 11.4 Å². The first-order valence-electron chi connectivity index (χ1n) is 8.99. The number of fused-ring (bicyclic) bond motifs is 1. The van der Waals surface area contributed by atoms with Crippen LogP contribution in [0.25, 0.3) is 0 Å². The zero-order valence-corrected chi connectivity index (χ0v) is 16.2. The van der Waals surface area contributed by atoms with Crippen molar-refractivity contribution in [2.75, 3.05) is 24.3 Å². The lowest BCUT2D eigenvalue weighted by molar-refractivity contribution is -0.114. The summed E-state index contributed by atoms with van der Waals surface area (Å²) in [5.74, 6) is 2.12. The molecule has 0 saturated carbocycles. The summed E-state index contributed by atoms with van der Waals surface area (Å²) in [7, 11) is 0. The molecular formula is C20H20N4O3S. The highest BCUT2D eigenvalue weighted by Crippen LogP contribution is 2.31. The van der Waals surface area contributed by atoms with E-state index in [1.54, 1.807) is 11.8 Å². The second kappa shape index (κ2) is 8.35. The average molecular weight is 396 g/mol. The van der Waals surface area contributed by atoms with Crippen LogP contribution in [0.1, 0.15) is 18.9 Å². The summed E-state index contributed by atoms with van der Waals surface area (Å²) in [4.78, 5) is 15.8. The van der Waals surface area contributed by atoms with Gasteiger partial charge in [-0.1, -0.05) is 17.8 Å². The van der Waals surface area contributed by atoms with E-state index in [1.807, 2.05) is 42.5 Å². The minimum atomic E-state index is -0.112. The highest BCUT2D eigenvalue weighted by molar-refractivity contribution is 8.14. The molecule has 2 aliphatic heterocycles. The third-order valence-corrected chi connectivity index (χ3v) is 4.98. The molecule has 1 amide bonds. The first-order chi connectivity index (χ1) is 13.7. The Kier molecular flexibility index (Phi) is 5.48. The first kappa shape index (κ1) is 18.4. The van der Waals surface area contributed by atoms with Gasteiger partial charge in [0.1, 0.15) is 0 Å². The van der Waals surface area contributed by atoms with Gasteiger partial charge in [-0.3, -0.25) is 10.2 Å². The van der Waals surface area contributed by atoms with Crippen LogP contribution in [0.15, 0.2) is 52.6 Å². The number of ether oxygens (including phenoxy) is 2. The molecule has 0 aliphatic carbocycles. The van der Waals surface area contributed by atoms with E-state index in [-0.39, 0.29) is 5.91 Å². The van der Waals surface area contributed by atoms with Crippen LogP contribution in [-0.4, -0.2) is 35.8 Å². The number of nitrogens with zero attached hydrogens (tertiary/aromatic N) is 2. The van der Waals surface area contributed by atoms with Crippen LogP contribution in [-0.2, 0) is 4.79 Å². The van der Waals surface area contributed by atoms with Gasteiger partial charge in [0.25, 0.3) is 0 Å². The third kappa shape index (κ3) is 4.45. The summed E-state index contributed by atoms with van der Waals surface area (Å²) in [6, 6.07) is 13.3. The monoisotopic (exact) mass is 396 g/mol. The maximum Gasteiger partial charge on any atom is 0.221 e. The fourth-order valence-electron chi connectivity index (χ4n) is 2.84. The van der Waals surface area contributed by atoms with Gasteiger partial charge < -0.3 is 14.8 Å². The minimum absolute atomic E-state index is 0.112. The Balaban J connectivity index is 1.48. The van der Waals surface area contributed by atoms with Crippen LogP contribution in [0.5, 0.6) is 11.5 Å². The topological polar surface area (TPSA) is 84.3 Å². The Morgan fingerprint density at radius 3 is 2.82 bits per heavy atom. The smallest absolute Gasteiger partial charge is 0.221 e. The molecule has 0 bridgehead atoms. The summed E-state index contributed by atoms with van der Waals surface area (Å²) in [5.41, 5.74) is 6.39. The first-order valence-corrected chi connectivity index (χ1v) is 9.98. The van der Waals surface area contributed by atoms with E-state index in [1.165, 1.54) is 6.92 Å². The lowest BCUT2D eigenvalue weighted by Gasteiger charge is -2.16. The van der Waals surface area contributed by atoms with Gasteiger partial charge in [0, 0.05) is 30.3 Å². The largest absolute Gasteiger partial charge is 0.490 e. The van der Waals surface area contributed by atoms with Gasteiger partial charge in [-0.2, -0.15) is 5.10 Å². The number of carbonyl (C=O) groups is 1. The molecule has 0 atom stereocenters. The number of hydrogen-bond donors (Lipinski definition) is 2. The fourth-order valence-corrected chi connectivity index (χ4v) is 3.62. The van der Waals surface area contributed by atoms with Crippen LogP contribution < -0.4 is 20.2 Å². The number of anilines is 1. The maximum atomic E-state index is 11.2. The third-order valence-electron chi connectivity index (χ3n) is 4.11. The van der Waals surface area contributed by atoms with Crippen molar-refractivity contribution in [3.05, 3.63) is 48.0 Å². The van der Waals surface area contributed by atoms with Crippen LogP contribution >= 0.6 is 11.8 Å². The SMILES string of the molecule is CC(=O)Nc1cccc(N=C2NN=C(c3ccc4c(c3)OCCCO4)CS2)c1. The molecule has 0 fully saturated rings. The molecule has 2 aromatic rings. The molecule has 0 unspecified atom stereocenters. The molecule has 2 heterocycles. The van der Waals surface area contributed by atoms with Crippen molar-refractivity contribution >= 4 is 39.9 Å². The fraction of sp³-hybridized carbons (Fsp3) is 0.250. The predicted octanol–water partition coefficient (Wildman–Crippen LogP) is 3.53. The lowest BCUT2D eigenvalue weighted by Crippen LogP contribution is -2.25. The summed E-state index contributed by atoms with van der Waals surface area (Å²) in [6.07, 6.45) is 0.880. The standard InChI is InChI=1S/C20H20N4O3S/c1-13(25)21-15-4-2-5-16(11-15)22-20-24-23-17(12-28-20)14-6-7-18-19(10-14)27-9-3-8-26-18/h2,4-7,10-11H,3,8-9,12H2,1H3,(H,21,25)(H,22,24). The second-order valence-corrected chi connectivity index (χ2v) is 7.28. The molecule has 2 N–H and O–H groups in total. The average Bonchev–Trinajstić information content (AvgIpc) is 2.93. The van der Waals surface area contributed by atoms with E-state index >= 15 is 0 Å². The number of benzene rings is 2. The molecule has 0 saturated heterocycles. The van der Waals surface area contributed by atoms with Crippen LogP contribution in [0.3, 0.4) is 0 Å². The van der Waals surface area contributed by atoms with E-state index in [0.717, 1.165) is 34.9 Å². The molecular weight excluding hydrogens is 376 g/mol. The van der Waals surface area contributed by atoms with Crippen LogP contribution in [0.2, 0.25) is 0 Å². The maximum absolute atomic E-state index is 11.2. The normalized spacial score (nSPS) is 17.3. The van der Waals surface area contributed by atoms with E-state index in [0.29, 0.717) is 29.8 Å². The molecule has 0 spiro atoms. The van der Waals surface area contributed by atoms with E-state index in [4.69, 9.17) is 9.47 Å². The Labute approximate surface area is 167 Å². The van der Waals surface area contributed by atoms with Crippen LogP contribution in [0, 0.1) is 0 Å². The molecule has 144 valence electrons. The van der Waals surface area contributed by atoms with Gasteiger partial charge in [-0.25, -0.2) is 4.99 Å². The van der Waals surface area contributed by atoms with Gasteiger partial charge in [-0.05, 0) is 36.4 Å². The quantitative estimate of drug-likeness (QED) is 0.829. The lowest BCUT2D eigenvalue weighted by atomic mass is 10.1. The van der Waals surface area contributed by atoms with Crippen molar-refractivity contribution in [1.29, 1.82) is 0 Å². The number of aliphatic imine (C=N–C) groups is 1. The van der Waals surface area contributed by atoms with Gasteiger partial charge in [0.15, 0.2) is 16.7 Å². The molecule has 7 nitrogen and oxygen atoms in total.